The number of ether oxygens (including phenoxy) is 2. The molecule has 0 aliphatic rings. The molecule has 0 aromatic carbocycles. The fraction of sp³-hybridized carbons (Fsp3) is 0.947. The summed E-state index contributed by atoms with van der Waals surface area (Å²) < 4.78 is 12.3. The molecule has 0 aliphatic heterocycles. The number of amides is 1. The van der Waals surface area contributed by atoms with Crippen LogP contribution in [-0.2, 0) is 14.3 Å². The van der Waals surface area contributed by atoms with Crippen LogP contribution in [-0.4, -0.2) is 92.2 Å². The first-order valence-corrected chi connectivity index (χ1v) is 9.35. The van der Waals surface area contributed by atoms with Crippen LogP contribution in [0.25, 0.3) is 0 Å². The number of aliphatic hydroxyl groups is 1. The predicted molar refractivity (Wildman–Crippen MR) is 102 cm³/mol. The van der Waals surface area contributed by atoms with E-state index in [0.29, 0.717) is 30.8 Å². The summed E-state index contributed by atoms with van der Waals surface area (Å²) in [7, 11) is 6.15. The molecule has 1 amide bonds. The minimum atomic E-state index is -0.448. The van der Waals surface area contributed by atoms with Gasteiger partial charge in [0, 0.05) is 32.7 Å². The van der Waals surface area contributed by atoms with Crippen LogP contribution < -0.4 is 0 Å². The molecule has 6 heteroatoms. The second kappa shape index (κ2) is 11.1. The van der Waals surface area contributed by atoms with E-state index in [1.165, 1.54) is 0 Å². The van der Waals surface area contributed by atoms with E-state index in [4.69, 9.17) is 9.47 Å². The lowest BCUT2D eigenvalue weighted by Crippen LogP contribution is -2.43. The van der Waals surface area contributed by atoms with E-state index in [2.05, 4.69) is 6.92 Å². The van der Waals surface area contributed by atoms with E-state index >= 15 is 0 Å². The molecule has 0 saturated carbocycles. The van der Waals surface area contributed by atoms with Gasteiger partial charge in [-0.05, 0) is 40.5 Å². The van der Waals surface area contributed by atoms with E-state index in [1.807, 2.05) is 46.8 Å². The van der Waals surface area contributed by atoms with E-state index in [9.17, 15) is 9.90 Å². The quantitative estimate of drug-likeness (QED) is 0.402. The van der Waals surface area contributed by atoms with E-state index in [1.54, 1.807) is 6.92 Å². The van der Waals surface area contributed by atoms with Crippen molar-refractivity contribution < 1.29 is 23.9 Å². The van der Waals surface area contributed by atoms with Crippen LogP contribution in [0.1, 0.15) is 47.5 Å². The Morgan fingerprint density at radius 1 is 1.24 bits per heavy atom. The van der Waals surface area contributed by atoms with Gasteiger partial charge in [0.25, 0.3) is 0 Å². The minimum absolute atomic E-state index is 0.107. The molecule has 0 fully saturated rings. The third-order valence-corrected chi connectivity index (χ3v) is 4.22. The molecule has 2 unspecified atom stereocenters. The molecule has 0 aromatic heterocycles. The lowest BCUT2D eigenvalue weighted by atomic mass is 10.1. The summed E-state index contributed by atoms with van der Waals surface area (Å²) in [5.41, 5.74) is -0.280. The molecule has 2 atom stereocenters. The predicted octanol–water partition coefficient (Wildman–Crippen LogP) is 1.90. The van der Waals surface area contributed by atoms with Crippen LogP contribution in [0.3, 0.4) is 0 Å². The maximum Gasteiger partial charge on any atom is 0.219 e. The first-order valence-electron chi connectivity index (χ1n) is 9.35. The van der Waals surface area contributed by atoms with E-state index in [-0.39, 0.29) is 17.6 Å². The summed E-state index contributed by atoms with van der Waals surface area (Å²) in [4.78, 5) is 13.4. The number of hydrogen-bond donors (Lipinski definition) is 1. The van der Waals surface area contributed by atoms with Gasteiger partial charge in [0.05, 0.1) is 33.4 Å². The van der Waals surface area contributed by atoms with Crippen LogP contribution >= 0.6 is 0 Å². The number of likely N-dealkylation sites (N-methyl/N-ethyl adjacent to an activating group) is 1. The lowest BCUT2D eigenvalue weighted by molar-refractivity contribution is -0.873. The summed E-state index contributed by atoms with van der Waals surface area (Å²) >= 11 is 0. The van der Waals surface area contributed by atoms with Crippen molar-refractivity contribution in [1.29, 1.82) is 0 Å². The molecule has 150 valence electrons. The molecule has 25 heavy (non-hydrogen) atoms. The molecule has 6 nitrogen and oxygen atoms in total. The van der Waals surface area contributed by atoms with Gasteiger partial charge in [0.1, 0.15) is 12.6 Å². The zero-order valence-electron chi connectivity index (χ0n) is 17.7. The van der Waals surface area contributed by atoms with Gasteiger partial charge in [-0.25, -0.2) is 0 Å². The number of carbonyl (C=O) groups is 1. The van der Waals surface area contributed by atoms with Gasteiger partial charge in [-0.3, -0.25) is 4.79 Å². The Bertz CT molecular complexity index is 380. The number of hydrogen-bond acceptors (Lipinski definition) is 4. The second-order valence-corrected chi connectivity index (χ2v) is 8.50. The molecule has 0 rings (SSSR count). The van der Waals surface area contributed by atoms with Crippen molar-refractivity contribution in [3.63, 3.8) is 0 Å². The van der Waals surface area contributed by atoms with Gasteiger partial charge in [0.2, 0.25) is 5.91 Å². The molecule has 0 aliphatic carbocycles. The third kappa shape index (κ3) is 12.3. The summed E-state index contributed by atoms with van der Waals surface area (Å²) in [6.07, 6.45) is 1.14. The number of quaternary nitrogens is 1. The summed E-state index contributed by atoms with van der Waals surface area (Å²) in [5.74, 6) is 0.107. The second-order valence-electron chi connectivity index (χ2n) is 8.50. The SMILES string of the molecule is CCN(C(C)=O)C(C)CCOC(C)(C)CCOCC(O)C[N+](C)(C)C. The van der Waals surface area contributed by atoms with Crippen molar-refractivity contribution >= 4 is 5.91 Å². The number of nitrogens with zero attached hydrogens (tertiary/aromatic N) is 2. The highest BCUT2D eigenvalue weighted by molar-refractivity contribution is 5.73. The highest BCUT2D eigenvalue weighted by atomic mass is 16.5. The molecule has 0 radical (unpaired) electrons. The smallest absolute Gasteiger partial charge is 0.219 e. The van der Waals surface area contributed by atoms with Crippen molar-refractivity contribution in [2.75, 3.05) is 54.1 Å². The van der Waals surface area contributed by atoms with Crippen molar-refractivity contribution in [1.82, 2.24) is 4.90 Å². The van der Waals surface area contributed by atoms with Gasteiger partial charge >= 0.3 is 0 Å². The maximum atomic E-state index is 11.5. The largest absolute Gasteiger partial charge is 0.385 e. The topological polar surface area (TPSA) is 59.0 Å². The van der Waals surface area contributed by atoms with Crippen molar-refractivity contribution in [2.45, 2.75) is 65.2 Å². The monoisotopic (exact) mass is 361 g/mol. The van der Waals surface area contributed by atoms with Crippen LogP contribution in [0, 0.1) is 0 Å². The normalized spacial score (nSPS) is 15.1. The fourth-order valence-electron chi connectivity index (χ4n) is 2.80. The van der Waals surface area contributed by atoms with Gasteiger partial charge in [-0.2, -0.15) is 0 Å². The molecule has 0 saturated heterocycles. The molecule has 0 aromatic rings. The Labute approximate surface area is 154 Å². The highest BCUT2D eigenvalue weighted by Gasteiger charge is 2.21. The third-order valence-electron chi connectivity index (χ3n) is 4.22. The van der Waals surface area contributed by atoms with Crippen LogP contribution in [0.4, 0.5) is 0 Å². The first-order chi connectivity index (χ1) is 11.4. The van der Waals surface area contributed by atoms with Gasteiger partial charge in [0.15, 0.2) is 0 Å². The summed E-state index contributed by atoms with van der Waals surface area (Å²) in [5, 5.41) is 9.93. The fourth-order valence-corrected chi connectivity index (χ4v) is 2.80. The van der Waals surface area contributed by atoms with Crippen molar-refractivity contribution in [3.05, 3.63) is 0 Å². The average Bonchev–Trinajstić information content (AvgIpc) is 2.42. The maximum absolute atomic E-state index is 11.5. The summed E-state index contributed by atoms with van der Waals surface area (Å²) in [6, 6.07) is 0.181. The molecule has 0 spiro atoms. The average molecular weight is 362 g/mol. The van der Waals surface area contributed by atoms with Crippen molar-refractivity contribution in [3.8, 4) is 0 Å². The standard InChI is InChI=1S/C19H41N2O4/c1-9-20(17(3)22)16(2)10-12-25-19(4,5)11-13-24-15-18(23)14-21(6,7)8/h16,18,23H,9-15H2,1-8H3/q+1. The molecular weight excluding hydrogens is 320 g/mol. The van der Waals surface area contributed by atoms with E-state index in [0.717, 1.165) is 19.4 Å². The Hall–Kier alpha value is -0.690. The Balaban J connectivity index is 4.00. The number of carbonyl (C=O) groups excluding carboxylic acids is 1. The van der Waals surface area contributed by atoms with Gasteiger partial charge in [-0.1, -0.05) is 0 Å². The Morgan fingerprint density at radius 3 is 2.32 bits per heavy atom. The number of rotatable bonds is 13. The molecule has 0 bridgehead atoms. The molecule has 0 heterocycles. The zero-order valence-corrected chi connectivity index (χ0v) is 17.7. The molecular formula is C19H41N2O4+. The minimum Gasteiger partial charge on any atom is -0.385 e. The van der Waals surface area contributed by atoms with Crippen LogP contribution in [0.5, 0.6) is 0 Å². The highest BCUT2D eigenvalue weighted by Crippen LogP contribution is 2.16. The molecule has 1 N–H and O–H groups in total. The lowest BCUT2D eigenvalue weighted by Gasteiger charge is -2.30. The van der Waals surface area contributed by atoms with Gasteiger partial charge < -0.3 is 24.0 Å². The van der Waals surface area contributed by atoms with Crippen LogP contribution in [0.15, 0.2) is 0 Å². The first kappa shape index (κ1) is 24.3. The van der Waals surface area contributed by atoms with Gasteiger partial charge in [-0.15, -0.1) is 0 Å². The zero-order chi connectivity index (χ0) is 19.7. The summed E-state index contributed by atoms with van der Waals surface area (Å²) in [6.45, 7) is 12.7. The van der Waals surface area contributed by atoms with E-state index < -0.39 is 6.10 Å². The van der Waals surface area contributed by atoms with Crippen molar-refractivity contribution in [2.24, 2.45) is 0 Å². The Kier molecular flexibility index (Phi) is 10.8. The Morgan fingerprint density at radius 2 is 1.84 bits per heavy atom. The number of aliphatic hydroxyl groups excluding tert-OH is 1. The van der Waals surface area contributed by atoms with Crippen LogP contribution in [0.2, 0.25) is 0 Å².